The van der Waals surface area contributed by atoms with Gasteiger partial charge in [-0.3, -0.25) is 4.79 Å². The molecule has 1 atom stereocenters. The number of carbonyl (C=O) groups is 1. The number of nitrogens with one attached hydrogen (secondary N) is 1. The van der Waals surface area contributed by atoms with Crippen LogP contribution in [0.25, 0.3) is 0 Å². The fourth-order valence-corrected chi connectivity index (χ4v) is 2.07. The molecule has 1 rings (SSSR count). The van der Waals surface area contributed by atoms with Gasteiger partial charge in [-0.25, -0.2) is 0 Å². The average molecular weight is 255 g/mol. The highest BCUT2D eigenvalue weighted by molar-refractivity contribution is 6.33. The SMILES string of the molecule is CC(C)CC(C)Nc1ccc(Cl)c(C(N)=O)c1. The minimum Gasteiger partial charge on any atom is -0.383 e. The normalized spacial score (nSPS) is 12.5. The van der Waals surface area contributed by atoms with Crippen LogP contribution in [0.2, 0.25) is 5.02 Å². The van der Waals surface area contributed by atoms with Crippen molar-refractivity contribution in [3.8, 4) is 0 Å². The van der Waals surface area contributed by atoms with Crippen molar-refractivity contribution >= 4 is 23.2 Å². The van der Waals surface area contributed by atoms with Gasteiger partial charge >= 0.3 is 0 Å². The van der Waals surface area contributed by atoms with Gasteiger partial charge in [0.25, 0.3) is 0 Å². The molecular formula is C13H19ClN2O. The molecule has 0 spiro atoms. The van der Waals surface area contributed by atoms with Gasteiger partial charge in [-0.15, -0.1) is 0 Å². The van der Waals surface area contributed by atoms with E-state index < -0.39 is 5.91 Å². The Bertz CT molecular complexity index is 404. The Kier molecular flexibility index (Phi) is 4.82. The van der Waals surface area contributed by atoms with Crippen LogP contribution in [-0.2, 0) is 0 Å². The van der Waals surface area contributed by atoms with Crippen molar-refractivity contribution in [3.05, 3.63) is 28.8 Å². The quantitative estimate of drug-likeness (QED) is 0.847. The van der Waals surface area contributed by atoms with Crippen LogP contribution < -0.4 is 11.1 Å². The van der Waals surface area contributed by atoms with E-state index in [1.54, 1.807) is 12.1 Å². The average Bonchev–Trinajstić information content (AvgIpc) is 2.19. The summed E-state index contributed by atoms with van der Waals surface area (Å²) in [6.07, 6.45) is 1.06. The number of anilines is 1. The van der Waals surface area contributed by atoms with Crippen molar-refractivity contribution in [3.63, 3.8) is 0 Å². The Morgan fingerprint density at radius 1 is 1.41 bits per heavy atom. The minimum absolute atomic E-state index is 0.344. The predicted octanol–water partition coefficient (Wildman–Crippen LogP) is 3.29. The van der Waals surface area contributed by atoms with E-state index >= 15 is 0 Å². The molecule has 0 aliphatic heterocycles. The number of rotatable bonds is 5. The first-order valence-corrected chi connectivity index (χ1v) is 6.14. The number of hydrogen-bond acceptors (Lipinski definition) is 2. The Morgan fingerprint density at radius 2 is 2.06 bits per heavy atom. The molecule has 1 unspecified atom stereocenters. The highest BCUT2D eigenvalue weighted by atomic mass is 35.5. The number of primary amides is 1. The Hall–Kier alpha value is -1.22. The maximum atomic E-state index is 11.1. The highest BCUT2D eigenvalue weighted by Crippen LogP contribution is 2.21. The standard InChI is InChI=1S/C13H19ClN2O/c1-8(2)6-9(3)16-10-4-5-12(14)11(7-10)13(15)17/h4-5,7-9,16H,6H2,1-3H3,(H2,15,17). The number of carbonyl (C=O) groups excluding carboxylic acids is 1. The lowest BCUT2D eigenvalue weighted by Gasteiger charge is -2.17. The van der Waals surface area contributed by atoms with Gasteiger partial charge < -0.3 is 11.1 Å². The van der Waals surface area contributed by atoms with Gasteiger partial charge in [-0.1, -0.05) is 25.4 Å². The lowest BCUT2D eigenvalue weighted by molar-refractivity contribution is 0.100. The number of benzene rings is 1. The number of amides is 1. The zero-order chi connectivity index (χ0) is 13.0. The molecule has 0 radical (unpaired) electrons. The predicted molar refractivity (Wildman–Crippen MR) is 72.5 cm³/mol. The molecule has 0 fully saturated rings. The summed E-state index contributed by atoms with van der Waals surface area (Å²) in [5, 5.41) is 3.72. The molecule has 0 heterocycles. The van der Waals surface area contributed by atoms with Gasteiger partial charge in [0, 0.05) is 11.7 Å². The molecule has 4 heteroatoms. The molecule has 94 valence electrons. The summed E-state index contributed by atoms with van der Waals surface area (Å²) in [7, 11) is 0. The summed E-state index contributed by atoms with van der Waals surface area (Å²) in [6.45, 7) is 6.46. The molecule has 3 N–H and O–H groups in total. The molecule has 3 nitrogen and oxygen atoms in total. The van der Waals surface area contributed by atoms with Crippen LogP contribution in [0.3, 0.4) is 0 Å². The molecule has 0 saturated heterocycles. The third kappa shape index (κ3) is 4.27. The summed E-state index contributed by atoms with van der Waals surface area (Å²) in [4.78, 5) is 11.1. The topological polar surface area (TPSA) is 55.1 Å². The molecule has 0 saturated carbocycles. The van der Waals surface area contributed by atoms with E-state index in [-0.39, 0.29) is 0 Å². The van der Waals surface area contributed by atoms with E-state index in [2.05, 4.69) is 26.1 Å². The van der Waals surface area contributed by atoms with Gasteiger partial charge in [0.05, 0.1) is 10.6 Å². The molecule has 0 bridgehead atoms. The maximum absolute atomic E-state index is 11.1. The second kappa shape index (κ2) is 5.92. The molecule has 1 aromatic carbocycles. The maximum Gasteiger partial charge on any atom is 0.250 e. The number of halogens is 1. The smallest absolute Gasteiger partial charge is 0.250 e. The Morgan fingerprint density at radius 3 is 2.59 bits per heavy atom. The number of nitrogens with two attached hydrogens (primary N) is 1. The fraction of sp³-hybridized carbons (Fsp3) is 0.462. The molecular weight excluding hydrogens is 236 g/mol. The Labute approximate surface area is 107 Å². The summed E-state index contributed by atoms with van der Waals surface area (Å²) in [6, 6.07) is 5.58. The minimum atomic E-state index is -0.504. The molecule has 0 aliphatic rings. The van der Waals surface area contributed by atoms with Gasteiger partial charge in [0.15, 0.2) is 0 Å². The van der Waals surface area contributed by atoms with Gasteiger partial charge in [-0.2, -0.15) is 0 Å². The monoisotopic (exact) mass is 254 g/mol. The van der Waals surface area contributed by atoms with Crippen LogP contribution in [-0.4, -0.2) is 11.9 Å². The second-order valence-corrected chi connectivity index (χ2v) is 5.14. The van der Waals surface area contributed by atoms with Crippen LogP contribution in [0, 0.1) is 5.92 Å². The first-order valence-electron chi connectivity index (χ1n) is 5.76. The molecule has 0 aliphatic carbocycles. The van der Waals surface area contributed by atoms with Crippen molar-refractivity contribution in [2.75, 3.05) is 5.32 Å². The van der Waals surface area contributed by atoms with Gasteiger partial charge in [-0.05, 0) is 37.5 Å². The number of hydrogen-bond donors (Lipinski definition) is 2. The molecule has 0 aromatic heterocycles. The largest absolute Gasteiger partial charge is 0.383 e. The molecule has 17 heavy (non-hydrogen) atoms. The summed E-state index contributed by atoms with van der Waals surface area (Å²) in [5.41, 5.74) is 6.47. The van der Waals surface area contributed by atoms with Crippen molar-refractivity contribution < 1.29 is 4.79 Å². The molecule has 1 aromatic rings. The lowest BCUT2D eigenvalue weighted by Crippen LogP contribution is -2.18. The highest BCUT2D eigenvalue weighted by Gasteiger charge is 2.09. The van der Waals surface area contributed by atoms with Crippen molar-refractivity contribution in [2.45, 2.75) is 33.2 Å². The first kappa shape index (κ1) is 13.8. The van der Waals surface area contributed by atoms with E-state index in [0.717, 1.165) is 12.1 Å². The summed E-state index contributed by atoms with van der Waals surface area (Å²) >= 11 is 5.88. The van der Waals surface area contributed by atoms with Crippen molar-refractivity contribution in [2.24, 2.45) is 11.7 Å². The van der Waals surface area contributed by atoms with E-state index in [0.29, 0.717) is 22.5 Å². The van der Waals surface area contributed by atoms with Crippen LogP contribution >= 0.6 is 11.6 Å². The Balaban J connectivity index is 2.79. The van der Waals surface area contributed by atoms with Crippen LogP contribution in [0.4, 0.5) is 5.69 Å². The van der Waals surface area contributed by atoms with E-state index in [1.165, 1.54) is 0 Å². The lowest BCUT2D eigenvalue weighted by atomic mass is 10.0. The third-order valence-electron chi connectivity index (χ3n) is 2.47. The van der Waals surface area contributed by atoms with E-state index in [4.69, 9.17) is 17.3 Å². The van der Waals surface area contributed by atoms with Crippen LogP contribution in [0.1, 0.15) is 37.6 Å². The van der Waals surface area contributed by atoms with E-state index in [9.17, 15) is 4.79 Å². The summed E-state index contributed by atoms with van der Waals surface area (Å²) in [5.74, 6) is 0.121. The van der Waals surface area contributed by atoms with E-state index in [1.807, 2.05) is 6.07 Å². The molecule has 1 amide bonds. The second-order valence-electron chi connectivity index (χ2n) is 4.73. The first-order chi connectivity index (χ1) is 7.90. The third-order valence-corrected chi connectivity index (χ3v) is 2.80. The van der Waals surface area contributed by atoms with Crippen LogP contribution in [0.15, 0.2) is 18.2 Å². The van der Waals surface area contributed by atoms with Crippen molar-refractivity contribution in [1.82, 2.24) is 0 Å². The zero-order valence-electron chi connectivity index (χ0n) is 10.5. The zero-order valence-corrected chi connectivity index (χ0v) is 11.2. The van der Waals surface area contributed by atoms with Crippen molar-refractivity contribution in [1.29, 1.82) is 0 Å². The summed E-state index contributed by atoms with van der Waals surface area (Å²) < 4.78 is 0. The van der Waals surface area contributed by atoms with Crippen LogP contribution in [0.5, 0.6) is 0 Å². The van der Waals surface area contributed by atoms with Gasteiger partial charge in [0.2, 0.25) is 5.91 Å². The van der Waals surface area contributed by atoms with Gasteiger partial charge in [0.1, 0.15) is 0 Å². The fourth-order valence-electron chi connectivity index (χ4n) is 1.85.